The molecule has 1 aliphatic heterocycles. The minimum Gasteiger partial charge on any atom is -0.482 e. The van der Waals surface area contributed by atoms with Crippen LogP contribution in [0.15, 0.2) is 23.1 Å². The third-order valence-electron chi connectivity index (χ3n) is 2.58. The molecular weight excluding hydrogens is 304 g/mol. The largest absolute Gasteiger partial charge is 0.482 e. The number of sulfonamides is 1. The summed E-state index contributed by atoms with van der Waals surface area (Å²) < 4.78 is 42.4. The highest BCUT2D eigenvalue weighted by Gasteiger charge is 2.20. The number of fused-ring (bicyclic) bond motifs is 1. The lowest BCUT2D eigenvalue weighted by atomic mass is 10.2. The molecule has 0 saturated heterocycles. The first-order chi connectivity index (χ1) is 9.38. The Labute approximate surface area is 119 Å². The molecule has 0 spiro atoms. The van der Waals surface area contributed by atoms with Crippen LogP contribution < -0.4 is 14.8 Å². The minimum absolute atomic E-state index is 0.0175. The molecule has 1 heterocycles. The third-order valence-corrected chi connectivity index (χ3v) is 4.81. The van der Waals surface area contributed by atoms with Gasteiger partial charge in [-0.15, -0.1) is 0 Å². The van der Waals surface area contributed by atoms with Crippen molar-refractivity contribution in [3.05, 3.63) is 18.2 Å². The Hall–Kier alpha value is -1.45. The molecule has 2 N–H and O–H groups in total. The SMILES string of the molecule is CS(=O)CCNS(=O)(=O)c1ccc2c(c1)NC(=O)CO2. The minimum atomic E-state index is -3.70. The molecule has 1 atom stereocenters. The summed E-state index contributed by atoms with van der Waals surface area (Å²) in [6.07, 6.45) is 1.50. The van der Waals surface area contributed by atoms with Crippen LogP contribution in [0.4, 0.5) is 5.69 Å². The molecule has 0 saturated carbocycles. The molecule has 2 rings (SSSR count). The van der Waals surface area contributed by atoms with Crippen LogP contribution in [0.2, 0.25) is 0 Å². The van der Waals surface area contributed by atoms with Gasteiger partial charge in [0.1, 0.15) is 5.75 Å². The van der Waals surface area contributed by atoms with Crippen LogP contribution in [0.3, 0.4) is 0 Å². The van der Waals surface area contributed by atoms with E-state index in [1.807, 2.05) is 0 Å². The zero-order chi connectivity index (χ0) is 14.8. The number of nitrogens with one attached hydrogen (secondary N) is 2. The average Bonchev–Trinajstić information content (AvgIpc) is 2.37. The van der Waals surface area contributed by atoms with E-state index in [-0.39, 0.29) is 29.7 Å². The molecule has 0 bridgehead atoms. The van der Waals surface area contributed by atoms with E-state index in [0.717, 1.165) is 0 Å². The van der Waals surface area contributed by atoms with Gasteiger partial charge in [-0.1, -0.05) is 0 Å². The number of hydrogen-bond donors (Lipinski definition) is 2. The highest BCUT2D eigenvalue weighted by atomic mass is 32.2. The first-order valence-electron chi connectivity index (χ1n) is 5.75. The highest BCUT2D eigenvalue weighted by Crippen LogP contribution is 2.29. The molecule has 20 heavy (non-hydrogen) atoms. The molecule has 7 nitrogen and oxygen atoms in total. The van der Waals surface area contributed by atoms with Gasteiger partial charge < -0.3 is 10.1 Å². The summed E-state index contributed by atoms with van der Waals surface area (Å²) in [4.78, 5) is 11.2. The van der Waals surface area contributed by atoms with E-state index in [1.54, 1.807) is 0 Å². The van der Waals surface area contributed by atoms with Crippen LogP contribution in [0.1, 0.15) is 0 Å². The Morgan fingerprint density at radius 3 is 2.90 bits per heavy atom. The average molecular weight is 318 g/mol. The first-order valence-corrected chi connectivity index (χ1v) is 8.96. The predicted octanol–water partition coefficient (Wildman–Crippen LogP) is -0.326. The maximum atomic E-state index is 12.0. The zero-order valence-corrected chi connectivity index (χ0v) is 12.3. The number of carbonyl (C=O) groups excluding carboxylic acids is 1. The smallest absolute Gasteiger partial charge is 0.262 e. The lowest BCUT2D eigenvalue weighted by Gasteiger charge is -2.18. The van der Waals surface area contributed by atoms with Crippen LogP contribution >= 0.6 is 0 Å². The van der Waals surface area contributed by atoms with Gasteiger partial charge in [0.15, 0.2) is 6.61 Å². The number of rotatable bonds is 5. The monoisotopic (exact) mass is 318 g/mol. The maximum absolute atomic E-state index is 12.0. The van der Waals surface area contributed by atoms with Crippen LogP contribution in [0.25, 0.3) is 0 Å². The van der Waals surface area contributed by atoms with E-state index in [0.29, 0.717) is 11.4 Å². The topological polar surface area (TPSA) is 102 Å². The van der Waals surface area contributed by atoms with E-state index in [9.17, 15) is 17.4 Å². The van der Waals surface area contributed by atoms with Gasteiger partial charge in [-0.3, -0.25) is 9.00 Å². The second kappa shape index (κ2) is 5.90. The van der Waals surface area contributed by atoms with Crippen LogP contribution in [0.5, 0.6) is 5.75 Å². The Morgan fingerprint density at radius 2 is 2.20 bits per heavy atom. The summed E-state index contributed by atoms with van der Waals surface area (Å²) in [6, 6.07) is 4.21. The van der Waals surface area contributed by atoms with Gasteiger partial charge in [-0.05, 0) is 18.2 Å². The van der Waals surface area contributed by atoms with Crippen molar-refractivity contribution in [2.75, 3.05) is 30.5 Å². The first kappa shape index (κ1) is 14.9. The van der Waals surface area contributed by atoms with E-state index in [4.69, 9.17) is 4.74 Å². The molecular formula is C11H14N2O5S2. The van der Waals surface area contributed by atoms with E-state index in [2.05, 4.69) is 10.0 Å². The van der Waals surface area contributed by atoms with Crippen LogP contribution in [-0.4, -0.2) is 43.7 Å². The van der Waals surface area contributed by atoms with Crippen molar-refractivity contribution in [1.29, 1.82) is 0 Å². The Morgan fingerprint density at radius 1 is 1.45 bits per heavy atom. The molecule has 110 valence electrons. The Kier molecular flexibility index (Phi) is 4.41. The zero-order valence-electron chi connectivity index (χ0n) is 10.7. The van der Waals surface area contributed by atoms with Gasteiger partial charge in [0, 0.05) is 29.4 Å². The lowest BCUT2D eigenvalue weighted by Crippen LogP contribution is -2.29. The fraction of sp³-hybridized carbons (Fsp3) is 0.364. The molecule has 0 radical (unpaired) electrons. The number of ether oxygens (including phenoxy) is 1. The predicted molar refractivity (Wildman–Crippen MR) is 74.7 cm³/mol. The van der Waals surface area contributed by atoms with E-state index < -0.39 is 20.8 Å². The third kappa shape index (κ3) is 3.56. The molecule has 1 amide bonds. The number of hydrogen-bond acceptors (Lipinski definition) is 5. The van der Waals surface area contributed by atoms with Crippen molar-refractivity contribution in [3.63, 3.8) is 0 Å². The summed E-state index contributed by atoms with van der Waals surface area (Å²) in [6.45, 7) is 0.00501. The quantitative estimate of drug-likeness (QED) is 0.774. The Bertz CT molecular complexity index is 657. The molecule has 1 aliphatic rings. The van der Waals surface area contributed by atoms with Crippen molar-refractivity contribution in [3.8, 4) is 5.75 Å². The van der Waals surface area contributed by atoms with Crippen LogP contribution in [0, 0.1) is 0 Å². The van der Waals surface area contributed by atoms with Crippen molar-refractivity contribution in [2.45, 2.75) is 4.90 Å². The summed E-state index contributed by atoms with van der Waals surface area (Å²) in [5.74, 6) is 0.337. The van der Waals surface area contributed by atoms with Gasteiger partial charge in [0.2, 0.25) is 10.0 Å². The number of carbonyl (C=O) groups is 1. The van der Waals surface area contributed by atoms with Crippen LogP contribution in [-0.2, 0) is 25.6 Å². The fourth-order valence-electron chi connectivity index (χ4n) is 1.63. The standard InChI is InChI=1S/C11H14N2O5S2/c1-19(15)5-4-12-20(16,17)8-2-3-10-9(6-8)13-11(14)7-18-10/h2-3,6,12H,4-5,7H2,1H3,(H,13,14). The van der Waals surface area contributed by atoms with Gasteiger partial charge in [-0.2, -0.15) is 0 Å². The summed E-state index contributed by atoms with van der Waals surface area (Å²) in [5.41, 5.74) is 0.322. The summed E-state index contributed by atoms with van der Waals surface area (Å²) in [5, 5.41) is 2.54. The van der Waals surface area contributed by atoms with Gasteiger partial charge in [-0.25, -0.2) is 13.1 Å². The second-order valence-electron chi connectivity index (χ2n) is 4.17. The molecule has 1 aromatic carbocycles. The van der Waals surface area contributed by atoms with Gasteiger partial charge >= 0.3 is 0 Å². The van der Waals surface area contributed by atoms with Crippen molar-refractivity contribution < 1.29 is 22.2 Å². The molecule has 1 unspecified atom stereocenters. The Balaban J connectivity index is 2.18. The van der Waals surface area contributed by atoms with Gasteiger partial charge in [0.25, 0.3) is 5.91 Å². The molecule has 1 aromatic rings. The van der Waals surface area contributed by atoms with Crippen molar-refractivity contribution >= 4 is 32.4 Å². The van der Waals surface area contributed by atoms with E-state index in [1.165, 1.54) is 24.5 Å². The summed E-state index contributed by atoms with van der Waals surface area (Å²) in [7, 11) is -4.77. The summed E-state index contributed by atoms with van der Waals surface area (Å²) >= 11 is 0. The molecule has 0 aliphatic carbocycles. The highest BCUT2D eigenvalue weighted by molar-refractivity contribution is 7.89. The van der Waals surface area contributed by atoms with Crippen molar-refractivity contribution in [1.82, 2.24) is 4.72 Å². The number of benzene rings is 1. The molecule has 0 aromatic heterocycles. The van der Waals surface area contributed by atoms with E-state index >= 15 is 0 Å². The number of amides is 1. The molecule has 0 fully saturated rings. The lowest BCUT2D eigenvalue weighted by molar-refractivity contribution is -0.118. The number of anilines is 1. The van der Waals surface area contributed by atoms with Crippen molar-refractivity contribution in [2.24, 2.45) is 0 Å². The van der Waals surface area contributed by atoms with Gasteiger partial charge in [0.05, 0.1) is 10.6 Å². The fourth-order valence-corrected chi connectivity index (χ4v) is 3.21. The maximum Gasteiger partial charge on any atom is 0.262 e. The second-order valence-corrected chi connectivity index (χ2v) is 7.49. The normalized spacial score (nSPS) is 15.9. The molecule has 9 heteroatoms.